The number of hydrogen-bond acceptors (Lipinski definition) is 4. The van der Waals surface area contributed by atoms with Gasteiger partial charge in [-0.2, -0.15) is 0 Å². The lowest BCUT2D eigenvalue weighted by molar-refractivity contribution is -0.148. The summed E-state index contributed by atoms with van der Waals surface area (Å²) in [5.74, 6) is 0.928. The number of nitrogens with zero attached hydrogens (tertiary/aromatic N) is 1. The average Bonchev–Trinajstić information content (AvgIpc) is 2.64. The minimum absolute atomic E-state index is 0. The van der Waals surface area contributed by atoms with E-state index in [0.29, 0.717) is 19.7 Å². The zero-order valence-electron chi connectivity index (χ0n) is 14.9. The molecule has 0 bridgehead atoms. The van der Waals surface area contributed by atoms with Crippen molar-refractivity contribution in [2.24, 2.45) is 5.73 Å². The van der Waals surface area contributed by atoms with E-state index in [9.17, 15) is 4.79 Å². The van der Waals surface area contributed by atoms with Crippen LogP contribution >= 0.6 is 12.4 Å². The lowest BCUT2D eigenvalue weighted by Gasteiger charge is -2.43. The van der Waals surface area contributed by atoms with Crippen LogP contribution in [0, 0.1) is 0 Å². The molecule has 4 rings (SSSR count). The Labute approximate surface area is 159 Å². The first-order valence-electron chi connectivity index (χ1n) is 8.87. The second-order valence-corrected chi connectivity index (χ2v) is 7.09. The molecule has 2 aromatic rings. The molecule has 2 aromatic carbocycles. The maximum Gasteiger partial charge on any atom is 0.242 e. The van der Waals surface area contributed by atoms with Gasteiger partial charge in [0.15, 0.2) is 0 Å². The zero-order chi connectivity index (χ0) is 17.4. The number of rotatable bonds is 3. The molecular formula is C20H25ClN2O3. The molecule has 140 valence electrons. The number of fused-ring (bicyclic) bond motifs is 1. The standard InChI is InChI=1S/C20H24N2O3.ClH/c1-24-17-6-5-14-11-16(4-3-15(14)12-17)18-13-22(9-10-25-18)19(23)20(21)7-2-8-20;/h3-6,11-12,18H,2,7-10,13,21H2,1H3;1H. The minimum atomic E-state index is -0.637. The number of carbonyl (C=O) groups is 1. The molecule has 0 spiro atoms. The number of benzene rings is 2. The van der Waals surface area contributed by atoms with Gasteiger partial charge in [-0.1, -0.05) is 18.2 Å². The normalized spacial score (nSPS) is 21.6. The van der Waals surface area contributed by atoms with E-state index in [-0.39, 0.29) is 24.4 Å². The molecule has 1 aliphatic carbocycles. The molecule has 1 unspecified atom stereocenters. The first kappa shape index (κ1) is 19.0. The summed E-state index contributed by atoms with van der Waals surface area (Å²) in [6.45, 7) is 1.74. The Bertz CT molecular complexity index is 807. The van der Waals surface area contributed by atoms with Crippen LogP contribution in [0.4, 0.5) is 0 Å². The number of hydrogen-bond donors (Lipinski definition) is 1. The van der Waals surface area contributed by atoms with Crippen LogP contribution in [0.3, 0.4) is 0 Å². The molecule has 1 heterocycles. The van der Waals surface area contributed by atoms with E-state index in [4.69, 9.17) is 15.2 Å². The highest BCUT2D eigenvalue weighted by atomic mass is 35.5. The summed E-state index contributed by atoms with van der Waals surface area (Å²) in [5.41, 5.74) is 6.67. The molecular weight excluding hydrogens is 352 g/mol. The molecule has 1 amide bonds. The average molecular weight is 377 g/mol. The Morgan fingerprint density at radius 1 is 1.23 bits per heavy atom. The van der Waals surface area contributed by atoms with Crippen molar-refractivity contribution in [3.05, 3.63) is 42.0 Å². The summed E-state index contributed by atoms with van der Waals surface area (Å²) in [4.78, 5) is 14.6. The predicted octanol–water partition coefficient (Wildman–Crippen LogP) is 3.05. The van der Waals surface area contributed by atoms with Gasteiger partial charge in [-0.05, 0) is 53.8 Å². The molecule has 2 N–H and O–H groups in total. The van der Waals surface area contributed by atoms with Crippen LogP contribution in [0.2, 0.25) is 0 Å². The third-order valence-corrected chi connectivity index (χ3v) is 5.47. The fraction of sp³-hybridized carbons (Fsp3) is 0.450. The van der Waals surface area contributed by atoms with Crippen LogP contribution in [0.25, 0.3) is 10.8 Å². The van der Waals surface area contributed by atoms with Gasteiger partial charge in [0.2, 0.25) is 5.91 Å². The number of carbonyl (C=O) groups excluding carboxylic acids is 1. The van der Waals surface area contributed by atoms with Gasteiger partial charge in [-0.15, -0.1) is 12.4 Å². The molecule has 1 saturated heterocycles. The van der Waals surface area contributed by atoms with Gasteiger partial charge in [0.25, 0.3) is 0 Å². The molecule has 6 heteroatoms. The lowest BCUT2D eigenvalue weighted by atomic mass is 9.76. The Balaban J connectivity index is 0.00000196. The van der Waals surface area contributed by atoms with Gasteiger partial charge in [-0.25, -0.2) is 0 Å². The topological polar surface area (TPSA) is 64.8 Å². The SMILES string of the molecule is COc1ccc2cc(C3CN(C(=O)C4(N)CCC4)CCO3)ccc2c1.Cl. The second-order valence-electron chi connectivity index (χ2n) is 7.09. The van der Waals surface area contributed by atoms with Crippen molar-refractivity contribution in [2.75, 3.05) is 26.8 Å². The number of morpholine rings is 1. The highest BCUT2D eigenvalue weighted by Gasteiger charge is 2.43. The molecule has 1 aliphatic heterocycles. The Hall–Kier alpha value is -1.82. The Morgan fingerprint density at radius 2 is 1.96 bits per heavy atom. The van der Waals surface area contributed by atoms with Gasteiger partial charge in [0.1, 0.15) is 11.9 Å². The van der Waals surface area contributed by atoms with E-state index in [1.807, 2.05) is 23.1 Å². The van der Waals surface area contributed by atoms with Crippen molar-refractivity contribution < 1.29 is 14.3 Å². The van der Waals surface area contributed by atoms with Crippen LogP contribution in [0.1, 0.15) is 30.9 Å². The maximum absolute atomic E-state index is 12.7. The van der Waals surface area contributed by atoms with E-state index in [1.165, 1.54) is 0 Å². The van der Waals surface area contributed by atoms with E-state index in [0.717, 1.165) is 41.3 Å². The van der Waals surface area contributed by atoms with Crippen molar-refractivity contribution in [1.82, 2.24) is 4.90 Å². The van der Waals surface area contributed by atoms with Crippen LogP contribution in [0.5, 0.6) is 5.75 Å². The third-order valence-electron chi connectivity index (χ3n) is 5.47. The molecule has 26 heavy (non-hydrogen) atoms. The highest BCUT2D eigenvalue weighted by Crippen LogP contribution is 2.33. The number of nitrogens with two attached hydrogens (primary N) is 1. The summed E-state index contributed by atoms with van der Waals surface area (Å²) in [6.07, 6.45) is 2.54. The molecule has 1 saturated carbocycles. The van der Waals surface area contributed by atoms with E-state index in [1.54, 1.807) is 7.11 Å². The molecule has 2 aliphatic rings. The van der Waals surface area contributed by atoms with Gasteiger partial charge < -0.3 is 20.1 Å². The largest absolute Gasteiger partial charge is 0.497 e. The highest BCUT2D eigenvalue weighted by molar-refractivity contribution is 5.87. The molecule has 1 atom stereocenters. The molecule has 0 radical (unpaired) electrons. The summed E-state index contributed by atoms with van der Waals surface area (Å²) in [7, 11) is 1.67. The number of halogens is 1. The van der Waals surface area contributed by atoms with Gasteiger partial charge in [0.05, 0.1) is 25.8 Å². The van der Waals surface area contributed by atoms with Gasteiger partial charge in [0, 0.05) is 6.54 Å². The predicted molar refractivity (Wildman–Crippen MR) is 104 cm³/mol. The van der Waals surface area contributed by atoms with Crippen molar-refractivity contribution in [3.8, 4) is 5.75 Å². The first-order chi connectivity index (χ1) is 12.1. The van der Waals surface area contributed by atoms with Crippen molar-refractivity contribution in [2.45, 2.75) is 30.9 Å². The van der Waals surface area contributed by atoms with Gasteiger partial charge in [-0.3, -0.25) is 4.79 Å². The summed E-state index contributed by atoms with van der Waals surface area (Å²) in [6, 6.07) is 12.3. The Kier molecular flexibility index (Phi) is 5.42. The van der Waals surface area contributed by atoms with Crippen LogP contribution in [-0.2, 0) is 9.53 Å². The zero-order valence-corrected chi connectivity index (χ0v) is 15.8. The fourth-order valence-corrected chi connectivity index (χ4v) is 3.69. The third kappa shape index (κ3) is 3.39. The van der Waals surface area contributed by atoms with Crippen molar-refractivity contribution in [3.63, 3.8) is 0 Å². The second kappa shape index (κ2) is 7.43. The number of ether oxygens (including phenoxy) is 2. The quantitative estimate of drug-likeness (QED) is 0.894. The summed E-state index contributed by atoms with van der Waals surface area (Å²) >= 11 is 0. The number of amides is 1. The maximum atomic E-state index is 12.7. The van der Waals surface area contributed by atoms with Gasteiger partial charge >= 0.3 is 0 Å². The van der Waals surface area contributed by atoms with E-state index >= 15 is 0 Å². The van der Waals surface area contributed by atoms with Crippen molar-refractivity contribution >= 4 is 29.1 Å². The minimum Gasteiger partial charge on any atom is -0.497 e. The van der Waals surface area contributed by atoms with Crippen LogP contribution in [0.15, 0.2) is 36.4 Å². The molecule has 2 fully saturated rings. The summed E-state index contributed by atoms with van der Waals surface area (Å²) < 4.78 is 11.2. The van der Waals surface area contributed by atoms with E-state index in [2.05, 4.69) is 18.2 Å². The van der Waals surface area contributed by atoms with Crippen molar-refractivity contribution in [1.29, 1.82) is 0 Å². The number of methoxy groups -OCH3 is 1. The Morgan fingerprint density at radius 3 is 2.65 bits per heavy atom. The smallest absolute Gasteiger partial charge is 0.242 e. The molecule has 0 aromatic heterocycles. The monoisotopic (exact) mass is 376 g/mol. The van der Waals surface area contributed by atoms with Crippen LogP contribution < -0.4 is 10.5 Å². The lowest BCUT2D eigenvalue weighted by Crippen LogP contribution is -2.61. The summed E-state index contributed by atoms with van der Waals surface area (Å²) in [5, 5.41) is 2.27. The van der Waals surface area contributed by atoms with E-state index < -0.39 is 5.54 Å². The van der Waals surface area contributed by atoms with Crippen LogP contribution in [-0.4, -0.2) is 43.2 Å². The fourth-order valence-electron chi connectivity index (χ4n) is 3.69. The molecule has 5 nitrogen and oxygen atoms in total. The first-order valence-corrected chi connectivity index (χ1v) is 8.87.